The Morgan fingerprint density at radius 3 is 2.56 bits per heavy atom. The van der Waals surface area contributed by atoms with E-state index >= 15 is 0 Å². The van der Waals surface area contributed by atoms with Crippen LogP contribution in [0.2, 0.25) is 5.02 Å². The van der Waals surface area contributed by atoms with Crippen molar-refractivity contribution in [2.45, 2.75) is 19.8 Å². The molecule has 0 saturated heterocycles. The van der Waals surface area contributed by atoms with Gasteiger partial charge in [-0.15, -0.1) is 0 Å². The average molecular weight is 357 g/mol. The Bertz CT molecular complexity index is 810. The highest BCUT2D eigenvalue weighted by molar-refractivity contribution is 6.31. The highest BCUT2D eigenvalue weighted by atomic mass is 35.5. The molecule has 0 unspecified atom stereocenters. The van der Waals surface area contributed by atoms with Crippen LogP contribution in [0.25, 0.3) is 0 Å². The van der Waals surface area contributed by atoms with Gasteiger partial charge in [0.05, 0.1) is 11.3 Å². The Hall–Kier alpha value is -2.84. The van der Waals surface area contributed by atoms with E-state index in [2.05, 4.69) is 5.32 Å². The zero-order valence-electron chi connectivity index (χ0n) is 13.7. The molecule has 0 aliphatic carbocycles. The fourth-order valence-corrected chi connectivity index (χ4v) is 2.30. The van der Waals surface area contributed by atoms with E-state index in [1.165, 1.54) is 6.07 Å². The molecule has 0 radical (unpaired) electrons. The third-order valence-electron chi connectivity index (χ3n) is 3.44. The van der Waals surface area contributed by atoms with Crippen molar-refractivity contribution in [2.75, 3.05) is 11.9 Å². The van der Waals surface area contributed by atoms with Gasteiger partial charge in [0.25, 0.3) is 5.91 Å². The molecule has 0 aliphatic rings. The van der Waals surface area contributed by atoms with Crippen LogP contribution in [0.5, 0.6) is 5.75 Å². The number of hydrogen-bond acceptors (Lipinski definition) is 4. The number of nitriles is 1. The maximum Gasteiger partial charge on any atom is 0.262 e. The summed E-state index contributed by atoms with van der Waals surface area (Å²) in [5, 5.41) is 12.1. The third-order valence-corrected chi connectivity index (χ3v) is 3.67. The van der Waals surface area contributed by atoms with Crippen LogP contribution in [0, 0.1) is 11.3 Å². The number of amides is 1. The van der Waals surface area contributed by atoms with Crippen LogP contribution < -0.4 is 10.1 Å². The number of rotatable bonds is 7. The van der Waals surface area contributed by atoms with E-state index in [-0.39, 0.29) is 18.3 Å². The van der Waals surface area contributed by atoms with Gasteiger partial charge in [-0.25, -0.2) is 0 Å². The average Bonchev–Trinajstić information content (AvgIpc) is 2.59. The number of nitrogens with one attached hydrogen (secondary N) is 1. The summed E-state index contributed by atoms with van der Waals surface area (Å²) in [4.78, 5) is 23.0. The lowest BCUT2D eigenvalue weighted by atomic mass is 10.1. The number of hydrogen-bond donors (Lipinski definition) is 1. The number of carbonyl (C=O) groups excluding carboxylic acids is 2. The maximum absolute atomic E-state index is 12.0. The van der Waals surface area contributed by atoms with Crippen molar-refractivity contribution in [1.29, 1.82) is 5.26 Å². The number of carbonyl (C=O) groups is 2. The highest BCUT2D eigenvalue weighted by Crippen LogP contribution is 2.20. The van der Waals surface area contributed by atoms with Gasteiger partial charge in [0, 0.05) is 11.4 Å². The second-order valence-electron chi connectivity index (χ2n) is 5.48. The molecule has 0 saturated carbocycles. The standard InChI is InChI=1S/C19H17ClN2O3/c1-13(23)2-3-14-4-8-17(9-5-14)25-12-19(24)22-18-10-16(20)7-6-15(18)11-21/h4-10H,2-3,12H2,1H3,(H,22,24). The molecular formula is C19H17ClN2O3. The zero-order chi connectivity index (χ0) is 18.2. The molecule has 0 spiro atoms. The summed E-state index contributed by atoms with van der Waals surface area (Å²) in [5.41, 5.74) is 1.71. The second kappa shape index (κ2) is 8.86. The summed E-state index contributed by atoms with van der Waals surface area (Å²) in [6, 6.07) is 13.9. The molecule has 0 aliphatic heterocycles. The van der Waals surface area contributed by atoms with Crippen LogP contribution in [-0.4, -0.2) is 18.3 Å². The van der Waals surface area contributed by atoms with Crippen LogP contribution in [0.15, 0.2) is 42.5 Å². The lowest BCUT2D eigenvalue weighted by Crippen LogP contribution is -2.20. The topological polar surface area (TPSA) is 79.2 Å². The first-order valence-corrected chi connectivity index (χ1v) is 8.06. The van der Waals surface area contributed by atoms with E-state index in [4.69, 9.17) is 21.6 Å². The van der Waals surface area contributed by atoms with Crippen molar-refractivity contribution in [1.82, 2.24) is 0 Å². The number of aryl methyl sites for hydroxylation is 1. The summed E-state index contributed by atoms with van der Waals surface area (Å²) in [7, 11) is 0. The second-order valence-corrected chi connectivity index (χ2v) is 5.92. The van der Waals surface area contributed by atoms with Gasteiger partial charge >= 0.3 is 0 Å². The van der Waals surface area contributed by atoms with Crippen molar-refractivity contribution < 1.29 is 14.3 Å². The van der Waals surface area contributed by atoms with E-state index in [0.717, 1.165) is 5.56 Å². The molecule has 128 valence electrons. The Balaban J connectivity index is 1.89. The monoisotopic (exact) mass is 356 g/mol. The number of anilines is 1. The number of nitrogens with zero attached hydrogens (tertiary/aromatic N) is 1. The Morgan fingerprint density at radius 2 is 1.92 bits per heavy atom. The van der Waals surface area contributed by atoms with Crippen molar-refractivity contribution in [3.05, 3.63) is 58.6 Å². The van der Waals surface area contributed by atoms with Crippen molar-refractivity contribution >= 4 is 29.0 Å². The number of ketones is 1. The van der Waals surface area contributed by atoms with Gasteiger partial charge in [-0.2, -0.15) is 5.26 Å². The van der Waals surface area contributed by atoms with Gasteiger partial charge in [-0.1, -0.05) is 23.7 Å². The molecule has 0 atom stereocenters. The smallest absolute Gasteiger partial charge is 0.262 e. The number of halogens is 1. The van der Waals surface area contributed by atoms with E-state index in [1.54, 1.807) is 31.2 Å². The molecule has 2 aromatic carbocycles. The summed E-state index contributed by atoms with van der Waals surface area (Å²) in [6.45, 7) is 1.37. The predicted molar refractivity (Wildman–Crippen MR) is 95.7 cm³/mol. The Labute approximate surface area is 151 Å². The fourth-order valence-electron chi connectivity index (χ4n) is 2.13. The van der Waals surface area contributed by atoms with Crippen LogP contribution >= 0.6 is 11.6 Å². The van der Waals surface area contributed by atoms with E-state index in [0.29, 0.717) is 34.9 Å². The SMILES string of the molecule is CC(=O)CCc1ccc(OCC(=O)Nc2cc(Cl)ccc2C#N)cc1. The molecule has 2 rings (SSSR count). The van der Waals surface area contributed by atoms with Crippen molar-refractivity contribution in [2.24, 2.45) is 0 Å². The van der Waals surface area contributed by atoms with Gasteiger partial charge in [0.15, 0.2) is 6.61 Å². The van der Waals surface area contributed by atoms with E-state index in [1.807, 2.05) is 18.2 Å². The zero-order valence-corrected chi connectivity index (χ0v) is 14.5. The third kappa shape index (κ3) is 5.94. The van der Waals surface area contributed by atoms with E-state index in [9.17, 15) is 9.59 Å². The fraction of sp³-hybridized carbons (Fsp3) is 0.211. The first-order valence-electron chi connectivity index (χ1n) is 7.68. The Morgan fingerprint density at radius 1 is 1.20 bits per heavy atom. The van der Waals surface area contributed by atoms with Crippen LogP contribution in [-0.2, 0) is 16.0 Å². The number of benzene rings is 2. The van der Waals surface area contributed by atoms with Gasteiger partial charge < -0.3 is 14.8 Å². The highest BCUT2D eigenvalue weighted by Gasteiger charge is 2.08. The molecule has 0 fully saturated rings. The summed E-state index contributed by atoms with van der Waals surface area (Å²) < 4.78 is 5.43. The molecule has 2 aromatic rings. The van der Waals surface area contributed by atoms with Crippen LogP contribution in [0.3, 0.4) is 0 Å². The van der Waals surface area contributed by atoms with Gasteiger partial charge in [-0.05, 0) is 49.2 Å². The normalized spacial score (nSPS) is 9.96. The van der Waals surface area contributed by atoms with Gasteiger partial charge in [-0.3, -0.25) is 4.79 Å². The molecule has 0 heterocycles. The predicted octanol–water partition coefficient (Wildman–Crippen LogP) is 3.75. The van der Waals surface area contributed by atoms with Crippen LogP contribution in [0.1, 0.15) is 24.5 Å². The van der Waals surface area contributed by atoms with Crippen LogP contribution in [0.4, 0.5) is 5.69 Å². The molecule has 0 bridgehead atoms. The van der Waals surface area contributed by atoms with Crippen molar-refractivity contribution in [3.63, 3.8) is 0 Å². The molecule has 1 N–H and O–H groups in total. The van der Waals surface area contributed by atoms with Crippen molar-refractivity contribution in [3.8, 4) is 11.8 Å². The first-order chi connectivity index (χ1) is 12.0. The minimum absolute atomic E-state index is 0.148. The molecule has 1 amide bonds. The summed E-state index contributed by atoms with van der Waals surface area (Å²) >= 11 is 5.88. The molecule has 0 aromatic heterocycles. The Kier molecular flexibility index (Phi) is 6.55. The van der Waals surface area contributed by atoms with E-state index < -0.39 is 0 Å². The quantitative estimate of drug-likeness (QED) is 0.819. The summed E-state index contributed by atoms with van der Waals surface area (Å²) in [5.74, 6) is 0.308. The largest absolute Gasteiger partial charge is 0.484 e. The first kappa shape index (κ1) is 18.5. The minimum atomic E-state index is -0.389. The summed E-state index contributed by atoms with van der Waals surface area (Å²) in [6.07, 6.45) is 1.19. The molecule has 5 nitrogen and oxygen atoms in total. The lowest BCUT2D eigenvalue weighted by Gasteiger charge is -2.09. The maximum atomic E-state index is 12.0. The lowest BCUT2D eigenvalue weighted by molar-refractivity contribution is -0.118. The minimum Gasteiger partial charge on any atom is -0.484 e. The number of Topliss-reactive ketones (excluding diaryl/α,β-unsaturated/α-hetero) is 1. The molecular weight excluding hydrogens is 340 g/mol. The van der Waals surface area contributed by atoms with Gasteiger partial charge in [0.2, 0.25) is 0 Å². The molecule has 6 heteroatoms. The number of ether oxygens (including phenoxy) is 1. The van der Waals surface area contributed by atoms with Gasteiger partial charge in [0.1, 0.15) is 17.6 Å². The molecule has 25 heavy (non-hydrogen) atoms.